The van der Waals surface area contributed by atoms with Gasteiger partial charge in [-0.2, -0.15) is 0 Å². The molecule has 0 aliphatic rings. The van der Waals surface area contributed by atoms with E-state index < -0.39 is 6.04 Å². The molecule has 0 heterocycles. The lowest BCUT2D eigenvalue weighted by Gasteiger charge is -2.24. The number of phenolic OH excluding ortho intramolecular Hbond substituents is 1. The number of ether oxygens (including phenoxy) is 1. The molecule has 0 radical (unpaired) electrons. The molecule has 5 nitrogen and oxygen atoms in total. The minimum atomic E-state index is -0.391. The summed E-state index contributed by atoms with van der Waals surface area (Å²) in [6.45, 7) is 1.72. The number of thiocarbonyl (C=S) groups is 1. The van der Waals surface area contributed by atoms with E-state index in [-0.39, 0.29) is 28.0 Å². The third-order valence-corrected chi connectivity index (χ3v) is 3.10. The van der Waals surface area contributed by atoms with E-state index in [1.165, 1.54) is 18.1 Å². The molecule has 0 saturated carbocycles. The van der Waals surface area contributed by atoms with E-state index in [0.717, 1.165) is 0 Å². The van der Waals surface area contributed by atoms with Crippen LogP contribution in [-0.2, 0) is 0 Å². The number of benzene rings is 1. The second-order valence-electron chi connectivity index (χ2n) is 3.85. The van der Waals surface area contributed by atoms with Crippen LogP contribution in [0.2, 0.25) is 0 Å². The van der Waals surface area contributed by atoms with Gasteiger partial charge in [0.25, 0.3) is 5.91 Å². The van der Waals surface area contributed by atoms with Gasteiger partial charge in [-0.25, -0.2) is 0 Å². The van der Waals surface area contributed by atoms with Gasteiger partial charge in [0.05, 0.1) is 23.7 Å². The highest BCUT2D eigenvalue weighted by atomic mass is 32.1. The summed E-state index contributed by atoms with van der Waals surface area (Å²) in [6, 6.07) is 4.33. The van der Waals surface area contributed by atoms with Gasteiger partial charge in [-0.3, -0.25) is 4.79 Å². The maximum Gasteiger partial charge on any atom is 0.258 e. The molecule has 0 fully saturated rings. The summed E-state index contributed by atoms with van der Waals surface area (Å²) in [5, 5.41) is 9.89. The molecule has 0 aromatic heterocycles. The first kappa shape index (κ1) is 14.2. The average molecular weight is 268 g/mol. The highest BCUT2D eigenvalue weighted by Crippen LogP contribution is 2.30. The van der Waals surface area contributed by atoms with Gasteiger partial charge in [-0.1, -0.05) is 18.3 Å². The van der Waals surface area contributed by atoms with Crippen LogP contribution in [0.4, 0.5) is 0 Å². The summed E-state index contributed by atoms with van der Waals surface area (Å²) in [5.41, 5.74) is 5.65. The minimum absolute atomic E-state index is 0.153. The number of hydrogen-bond donors (Lipinski definition) is 2. The largest absolute Gasteiger partial charge is 0.504 e. The molecule has 1 unspecified atom stereocenters. The van der Waals surface area contributed by atoms with Crippen LogP contribution < -0.4 is 10.5 Å². The molecule has 0 aliphatic heterocycles. The fourth-order valence-corrected chi connectivity index (χ4v) is 1.57. The summed E-state index contributed by atoms with van der Waals surface area (Å²) < 4.78 is 4.95. The van der Waals surface area contributed by atoms with E-state index in [1.54, 1.807) is 26.1 Å². The highest BCUT2D eigenvalue weighted by Gasteiger charge is 2.23. The third-order valence-electron chi connectivity index (χ3n) is 2.76. The second kappa shape index (κ2) is 5.68. The van der Waals surface area contributed by atoms with Crippen molar-refractivity contribution in [2.45, 2.75) is 13.0 Å². The van der Waals surface area contributed by atoms with Crippen molar-refractivity contribution in [1.82, 2.24) is 4.90 Å². The lowest BCUT2D eigenvalue weighted by molar-refractivity contribution is 0.0775. The van der Waals surface area contributed by atoms with Crippen molar-refractivity contribution in [2.24, 2.45) is 5.73 Å². The Bertz CT molecular complexity index is 476. The number of amides is 1. The summed E-state index contributed by atoms with van der Waals surface area (Å²) in [6.07, 6.45) is 0. The predicted octanol–water partition coefficient (Wildman–Crippen LogP) is 1.15. The molecule has 0 bridgehead atoms. The fraction of sp³-hybridized carbons (Fsp3) is 0.333. The van der Waals surface area contributed by atoms with E-state index in [4.69, 9.17) is 22.7 Å². The van der Waals surface area contributed by atoms with Gasteiger partial charge in [0.2, 0.25) is 0 Å². The number of nitrogens with zero attached hydrogens (tertiary/aromatic N) is 1. The van der Waals surface area contributed by atoms with Crippen molar-refractivity contribution in [3.63, 3.8) is 0 Å². The summed E-state index contributed by atoms with van der Waals surface area (Å²) in [4.78, 5) is 13.8. The molecule has 1 aromatic carbocycles. The molecular weight excluding hydrogens is 252 g/mol. The molecule has 1 amide bonds. The van der Waals surface area contributed by atoms with Crippen LogP contribution in [0.15, 0.2) is 18.2 Å². The Kier molecular flexibility index (Phi) is 4.49. The molecule has 0 saturated heterocycles. The van der Waals surface area contributed by atoms with Crippen LogP contribution in [0.3, 0.4) is 0 Å². The van der Waals surface area contributed by atoms with Crippen LogP contribution in [0, 0.1) is 0 Å². The zero-order valence-electron chi connectivity index (χ0n) is 10.5. The third kappa shape index (κ3) is 2.70. The molecule has 1 atom stereocenters. The smallest absolute Gasteiger partial charge is 0.258 e. The van der Waals surface area contributed by atoms with Crippen LogP contribution in [0.1, 0.15) is 17.3 Å². The lowest BCUT2D eigenvalue weighted by atomic mass is 10.1. The van der Waals surface area contributed by atoms with Gasteiger partial charge < -0.3 is 20.5 Å². The first-order valence-electron chi connectivity index (χ1n) is 5.32. The number of likely N-dealkylation sites (N-methyl/N-ethyl adjacent to an activating group) is 1. The summed E-state index contributed by atoms with van der Waals surface area (Å²) >= 11 is 4.84. The van der Waals surface area contributed by atoms with Crippen LogP contribution in [0.5, 0.6) is 11.5 Å². The number of carbonyl (C=O) groups is 1. The number of phenols is 1. The Hall–Kier alpha value is -1.82. The van der Waals surface area contributed by atoms with E-state index in [0.29, 0.717) is 0 Å². The van der Waals surface area contributed by atoms with Crippen LogP contribution >= 0.6 is 12.2 Å². The first-order valence-corrected chi connectivity index (χ1v) is 5.73. The van der Waals surface area contributed by atoms with Gasteiger partial charge in [0.15, 0.2) is 11.5 Å². The van der Waals surface area contributed by atoms with Crippen molar-refractivity contribution >= 4 is 23.1 Å². The monoisotopic (exact) mass is 268 g/mol. The van der Waals surface area contributed by atoms with Gasteiger partial charge in [0.1, 0.15) is 0 Å². The molecule has 18 heavy (non-hydrogen) atoms. The number of hydrogen-bond acceptors (Lipinski definition) is 4. The fourth-order valence-electron chi connectivity index (χ4n) is 1.42. The lowest BCUT2D eigenvalue weighted by Crippen LogP contribution is -2.42. The normalized spacial score (nSPS) is 11.7. The number of carbonyl (C=O) groups excluding carboxylic acids is 1. The Morgan fingerprint density at radius 3 is 2.67 bits per heavy atom. The predicted molar refractivity (Wildman–Crippen MR) is 73.0 cm³/mol. The molecule has 0 aliphatic carbocycles. The first-order chi connectivity index (χ1) is 8.40. The van der Waals surface area contributed by atoms with Gasteiger partial charge in [-0.15, -0.1) is 0 Å². The van der Waals surface area contributed by atoms with E-state index in [9.17, 15) is 9.90 Å². The maximum atomic E-state index is 12.2. The SMILES string of the molecule is COc1cccc(C(=O)N(C)C(C)C(N)=S)c1O. The molecule has 1 aromatic rings. The maximum absolute atomic E-state index is 12.2. The zero-order valence-corrected chi connectivity index (χ0v) is 11.3. The van der Waals surface area contributed by atoms with E-state index >= 15 is 0 Å². The molecule has 6 heteroatoms. The second-order valence-corrected chi connectivity index (χ2v) is 4.32. The van der Waals surface area contributed by atoms with Crippen molar-refractivity contribution in [2.75, 3.05) is 14.2 Å². The Morgan fingerprint density at radius 2 is 2.17 bits per heavy atom. The van der Waals surface area contributed by atoms with Gasteiger partial charge in [-0.05, 0) is 19.1 Å². The zero-order chi connectivity index (χ0) is 13.9. The van der Waals surface area contributed by atoms with Crippen molar-refractivity contribution in [1.29, 1.82) is 0 Å². The Balaban J connectivity index is 3.08. The number of para-hydroxylation sites is 1. The standard InChI is InChI=1S/C12H16N2O3S/c1-7(11(13)18)14(2)12(16)8-5-4-6-9(17-3)10(8)15/h4-7,15H,1-3H3,(H2,13,18). The number of methoxy groups -OCH3 is 1. The van der Waals surface area contributed by atoms with Crippen LogP contribution in [-0.4, -0.2) is 41.1 Å². The Morgan fingerprint density at radius 1 is 1.56 bits per heavy atom. The quantitative estimate of drug-likeness (QED) is 0.801. The van der Waals surface area contributed by atoms with Gasteiger partial charge in [0, 0.05) is 7.05 Å². The average Bonchev–Trinajstić information content (AvgIpc) is 2.36. The minimum Gasteiger partial charge on any atom is -0.504 e. The molecule has 3 N–H and O–H groups in total. The number of nitrogens with two attached hydrogens (primary N) is 1. The highest BCUT2D eigenvalue weighted by molar-refractivity contribution is 7.80. The molecular formula is C12H16N2O3S. The van der Waals surface area contributed by atoms with Crippen molar-refractivity contribution in [3.8, 4) is 11.5 Å². The van der Waals surface area contributed by atoms with Crippen molar-refractivity contribution in [3.05, 3.63) is 23.8 Å². The topological polar surface area (TPSA) is 75.8 Å². The number of aromatic hydroxyl groups is 1. The molecule has 0 spiro atoms. The van der Waals surface area contributed by atoms with Gasteiger partial charge >= 0.3 is 0 Å². The van der Waals surface area contributed by atoms with E-state index in [2.05, 4.69) is 0 Å². The molecule has 1 rings (SSSR count). The Labute approximate surface area is 111 Å². The molecule has 98 valence electrons. The summed E-state index contributed by atoms with van der Waals surface area (Å²) in [5.74, 6) is -0.309. The van der Waals surface area contributed by atoms with Crippen molar-refractivity contribution < 1.29 is 14.6 Å². The van der Waals surface area contributed by atoms with Crippen LogP contribution in [0.25, 0.3) is 0 Å². The number of rotatable bonds is 4. The van der Waals surface area contributed by atoms with E-state index in [1.807, 2.05) is 0 Å². The summed E-state index contributed by atoms with van der Waals surface area (Å²) in [7, 11) is 3.00.